The number of rotatable bonds is 2. The summed E-state index contributed by atoms with van der Waals surface area (Å²) in [5, 5.41) is 15.2. The van der Waals surface area contributed by atoms with E-state index >= 15 is 0 Å². The lowest BCUT2D eigenvalue weighted by atomic mass is 10.0. The third-order valence-corrected chi connectivity index (χ3v) is 4.17. The van der Waals surface area contributed by atoms with Gasteiger partial charge in [0.25, 0.3) is 0 Å². The minimum atomic E-state index is 0.665. The van der Waals surface area contributed by atoms with Gasteiger partial charge in [-0.2, -0.15) is 5.26 Å². The topological polar surface area (TPSA) is 35.8 Å². The molecule has 0 aliphatic carbocycles. The van der Waals surface area contributed by atoms with Crippen molar-refractivity contribution < 1.29 is 0 Å². The third-order valence-electron chi connectivity index (χ3n) is 3.24. The zero-order valence-corrected chi connectivity index (χ0v) is 13.2. The van der Waals surface area contributed by atoms with E-state index in [-0.39, 0.29) is 0 Å². The van der Waals surface area contributed by atoms with Gasteiger partial charge in [0.15, 0.2) is 0 Å². The first-order chi connectivity index (χ1) is 10.2. The highest BCUT2D eigenvalue weighted by Crippen LogP contribution is 2.33. The Kier molecular flexibility index (Phi) is 3.83. The number of fused-ring (bicyclic) bond motifs is 1. The molecule has 0 amide bonds. The third kappa shape index (κ3) is 2.73. The zero-order valence-electron chi connectivity index (χ0n) is 10.9. The smallest absolute Gasteiger partial charge is 0.0998 e. The Bertz CT molecular complexity index is 868. The van der Waals surface area contributed by atoms with Gasteiger partial charge in [-0.25, -0.2) is 0 Å². The second-order valence-corrected chi connectivity index (χ2v) is 5.86. The molecule has 0 saturated heterocycles. The van der Waals surface area contributed by atoms with E-state index < -0.39 is 0 Å². The number of halogens is 2. The highest BCUT2D eigenvalue weighted by atomic mass is 79.9. The van der Waals surface area contributed by atoms with Crippen molar-refractivity contribution in [3.05, 3.63) is 69.7 Å². The molecule has 0 atom stereocenters. The predicted molar refractivity (Wildman–Crippen MR) is 91.1 cm³/mol. The Morgan fingerprint density at radius 2 is 1.71 bits per heavy atom. The van der Waals surface area contributed by atoms with E-state index in [1.807, 2.05) is 54.6 Å². The summed E-state index contributed by atoms with van der Waals surface area (Å²) in [4.78, 5) is 0. The van der Waals surface area contributed by atoms with Crippen molar-refractivity contribution in [3.8, 4) is 6.07 Å². The summed E-state index contributed by atoms with van der Waals surface area (Å²) in [6, 6.07) is 19.4. The molecule has 3 aromatic rings. The molecule has 0 heterocycles. The van der Waals surface area contributed by atoms with Crippen LogP contribution in [0.3, 0.4) is 0 Å². The van der Waals surface area contributed by atoms with Gasteiger partial charge in [-0.3, -0.25) is 0 Å². The average Bonchev–Trinajstić information content (AvgIpc) is 2.51. The standard InChI is InChI=1S/C17H10BrClN2/c18-15-7-6-12(19)9-17(15)21-16-8-5-11(10-20)13-3-1-2-4-14(13)16/h1-9,21H. The Hall–Kier alpha value is -2.02. The lowest BCUT2D eigenvalue weighted by Crippen LogP contribution is -1.93. The minimum absolute atomic E-state index is 0.665. The molecule has 0 aliphatic heterocycles. The average molecular weight is 358 g/mol. The van der Waals surface area contributed by atoms with E-state index in [9.17, 15) is 5.26 Å². The molecule has 0 spiro atoms. The van der Waals surface area contributed by atoms with Crippen LogP contribution in [0.4, 0.5) is 11.4 Å². The van der Waals surface area contributed by atoms with Crippen LogP contribution in [0.2, 0.25) is 5.02 Å². The molecular weight excluding hydrogens is 348 g/mol. The van der Waals surface area contributed by atoms with Gasteiger partial charge >= 0.3 is 0 Å². The second-order valence-electron chi connectivity index (χ2n) is 4.57. The SMILES string of the molecule is N#Cc1ccc(Nc2cc(Cl)ccc2Br)c2ccccc12. The van der Waals surface area contributed by atoms with Gasteiger partial charge in [-0.15, -0.1) is 0 Å². The van der Waals surface area contributed by atoms with E-state index in [0.717, 1.165) is 26.6 Å². The fraction of sp³-hybridized carbons (Fsp3) is 0. The number of nitrogens with one attached hydrogen (secondary N) is 1. The van der Waals surface area contributed by atoms with Crippen molar-refractivity contribution in [1.29, 1.82) is 5.26 Å². The Balaban J connectivity index is 2.14. The van der Waals surface area contributed by atoms with Gasteiger partial charge in [0.2, 0.25) is 0 Å². The van der Waals surface area contributed by atoms with Crippen LogP contribution < -0.4 is 5.32 Å². The quantitative estimate of drug-likeness (QED) is 0.622. The number of hydrogen-bond acceptors (Lipinski definition) is 2. The largest absolute Gasteiger partial charge is 0.354 e. The van der Waals surface area contributed by atoms with Gasteiger partial charge in [0.05, 0.1) is 17.3 Å². The van der Waals surface area contributed by atoms with Crippen LogP contribution in [-0.4, -0.2) is 0 Å². The van der Waals surface area contributed by atoms with Crippen molar-refractivity contribution >= 4 is 49.7 Å². The molecule has 3 aromatic carbocycles. The van der Waals surface area contributed by atoms with Crippen LogP contribution in [-0.2, 0) is 0 Å². The van der Waals surface area contributed by atoms with Gasteiger partial charge in [0, 0.05) is 26.0 Å². The molecule has 3 rings (SSSR count). The molecule has 0 bridgehead atoms. The van der Waals surface area contributed by atoms with Crippen molar-refractivity contribution in [2.45, 2.75) is 0 Å². The number of anilines is 2. The fourth-order valence-corrected chi connectivity index (χ4v) is 2.76. The van der Waals surface area contributed by atoms with Crippen LogP contribution in [0.15, 0.2) is 59.1 Å². The van der Waals surface area contributed by atoms with Crippen molar-refractivity contribution in [2.24, 2.45) is 0 Å². The molecule has 0 fully saturated rings. The zero-order chi connectivity index (χ0) is 14.8. The van der Waals surface area contributed by atoms with Crippen LogP contribution in [0.5, 0.6) is 0 Å². The normalized spacial score (nSPS) is 10.3. The maximum atomic E-state index is 9.20. The predicted octanol–water partition coefficient (Wildman–Crippen LogP) is 5.87. The lowest BCUT2D eigenvalue weighted by molar-refractivity contribution is 1.49. The summed E-state index contributed by atoms with van der Waals surface area (Å²) in [7, 11) is 0. The van der Waals surface area contributed by atoms with Crippen LogP contribution in [0.1, 0.15) is 5.56 Å². The molecule has 2 nitrogen and oxygen atoms in total. The van der Waals surface area contributed by atoms with Crippen LogP contribution in [0.25, 0.3) is 10.8 Å². The van der Waals surface area contributed by atoms with Crippen LogP contribution >= 0.6 is 27.5 Å². The first kappa shape index (κ1) is 13.9. The molecule has 0 radical (unpaired) electrons. The lowest BCUT2D eigenvalue weighted by Gasteiger charge is -2.12. The fourth-order valence-electron chi connectivity index (χ4n) is 2.24. The molecule has 102 valence electrons. The summed E-state index contributed by atoms with van der Waals surface area (Å²) in [5.41, 5.74) is 2.49. The molecule has 0 saturated carbocycles. The number of nitriles is 1. The minimum Gasteiger partial charge on any atom is -0.354 e. The van der Waals surface area contributed by atoms with E-state index in [1.54, 1.807) is 0 Å². The molecule has 21 heavy (non-hydrogen) atoms. The van der Waals surface area contributed by atoms with Gasteiger partial charge in [-0.05, 0) is 46.3 Å². The van der Waals surface area contributed by atoms with E-state index in [4.69, 9.17) is 11.6 Å². The molecule has 0 aromatic heterocycles. The summed E-state index contributed by atoms with van der Waals surface area (Å²) in [5.74, 6) is 0. The molecule has 1 N–H and O–H groups in total. The van der Waals surface area contributed by atoms with Gasteiger partial charge in [-0.1, -0.05) is 35.9 Å². The summed E-state index contributed by atoms with van der Waals surface area (Å²) >= 11 is 9.55. The van der Waals surface area contributed by atoms with Crippen molar-refractivity contribution in [2.75, 3.05) is 5.32 Å². The molecule has 0 aliphatic rings. The van der Waals surface area contributed by atoms with E-state index in [1.165, 1.54) is 0 Å². The van der Waals surface area contributed by atoms with Crippen molar-refractivity contribution in [1.82, 2.24) is 0 Å². The van der Waals surface area contributed by atoms with Crippen LogP contribution in [0, 0.1) is 11.3 Å². The first-order valence-electron chi connectivity index (χ1n) is 6.33. The second kappa shape index (κ2) is 5.77. The Morgan fingerprint density at radius 3 is 2.48 bits per heavy atom. The maximum absolute atomic E-state index is 9.20. The number of benzene rings is 3. The van der Waals surface area contributed by atoms with E-state index in [2.05, 4.69) is 27.3 Å². The molecular formula is C17H10BrClN2. The number of nitrogens with zero attached hydrogens (tertiary/aromatic N) is 1. The highest BCUT2D eigenvalue weighted by molar-refractivity contribution is 9.10. The maximum Gasteiger partial charge on any atom is 0.0998 e. The van der Waals surface area contributed by atoms with E-state index in [0.29, 0.717) is 10.6 Å². The van der Waals surface area contributed by atoms with Crippen molar-refractivity contribution in [3.63, 3.8) is 0 Å². The summed E-state index contributed by atoms with van der Waals surface area (Å²) in [6.45, 7) is 0. The Labute approximate surface area is 136 Å². The summed E-state index contributed by atoms with van der Waals surface area (Å²) in [6.07, 6.45) is 0. The summed E-state index contributed by atoms with van der Waals surface area (Å²) < 4.78 is 0.931. The molecule has 0 unspecified atom stereocenters. The first-order valence-corrected chi connectivity index (χ1v) is 7.50. The number of hydrogen-bond donors (Lipinski definition) is 1. The molecule has 4 heteroatoms. The van der Waals surface area contributed by atoms with Gasteiger partial charge < -0.3 is 5.32 Å². The highest BCUT2D eigenvalue weighted by Gasteiger charge is 2.07. The monoisotopic (exact) mass is 356 g/mol. The van der Waals surface area contributed by atoms with Gasteiger partial charge in [0.1, 0.15) is 0 Å². The Morgan fingerprint density at radius 1 is 0.952 bits per heavy atom.